The monoisotopic (exact) mass is 184 g/mol. The van der Waals surface area contributed by atoms with Crippen LogP contribution in [-0.2, 0) is 9.53 Å². The van der Waals surface area contributed by atoms with Crippen molar-refractivity contribution in [3.63, 3.8) is 0 Å². The molecule has 0 saturated carbocycles. The molecule has 2 saturated heterocycles. The van der Waals surface area contributed by atoms with E-state index in [4.69, 9.17) is 10.5 Å². The van der Waals surface area contributed by atoms with E-state index in [1.807, 2.05) is 0 Å². The maximum atomic E-state index is 11.1. The summed E-state index contributed by atoms with van der Waals surface area (Å²) in [5.41, 5.74) is 5.33. The lowest BCUT2D eigenvalue weighted by molar-refractivity contribution is -0.123. The summed E-state index contributed by atoms with van der Waals surface area (Å²) in [5, 5.41) is 0. The van der Waals surface area contributed by atoms with Crippen molar-refractivity contribution in [2.75, 3.05) is 19.8 Å². The van der Waals surface area contributed by atoms with Gasteiger partial charge in [0.25, 0.3) is 0 Å². The van der Waals surface area contributed by atoms with Crippen LogP contribution < -0.4 is 5.73 Å². The van der Waals surface area contributed by atoms with Gasteiger partial charge >= 0.3 is 0 Å². The largest absolute Gasteiger partial charge is 0.380 e. The SMILES string of the molecule is NC(=O)C1CCCN1C1CCOC1. The molecule has 2 aliphatic heterocycles. The van der Waals surface area contributed by atoms with Crippen LogP contribution in [0.3, 0.4) is 0 Å². The predicted octanol–water partition coefficient (Wildman–Crippen LogP) is -0.275. The Morgan fingerprint density at radius 3 is 2.92 bits per heavy atom. The fourth-order valence-electron chi connectivity index (χ4n) is 2.32. The molecule has 74 valence electrons. The number of primary amides is 1. The molecule has 2 atom stereocenters. The summed E-state index contributed by atoms with van der Waals surface area (Å²) in [6.07, 6.45) is 3.06. The van der Waals surface area contributed by atoms with Crippen molar-refractivity contribution in [3.8, 4) is 0 Å². The van der Waals surface area contributed by atoms with Gasteiger partial charge in [-0.3, -0.25) is 9.69 Å². The third kappa shape index (κ3) is 1.69. The highest BCUT2D eigenvalue weighted by Gasteiger charge is 2.35. The van der Waals surface area contributed by atoms with Gasteiger partial charge in [-0.2, -0.15) is 0 Å². The molecule has 2 N–H and O–H groups in total. The van der Waals surface area contributed by atoms with Gasteiger partial charge in [-0.1, -0.05) is 0 Å². The normalized spacial score (nSPS) is 35.4. The molecule has 0 bridgehead atoms. The van der Waals surface area contributed by atoms with Gasteiger partial charge in [0.1, 0.15) is 0 Å². The van der Waals surface area contributed by atoms with E-state index in [1.165, 1.54) is 0 Å². The Labute approximate surface area is 78.0 Å². The number of amides is 1. The molecule has 0 spiro atoms. The number of likely N-dealkylation sites (tertiary alicyclic amines) is 1. The Morgan fingerprint density at radius 1 is 1.46 bits per heavy atom. The van der Waals surface area contributed by atoms with Crippen molar-refractivity contribution >= 4 is 5.91 Å². The highest BCUT2D eigenvalue weighted by atomic mass is 16.5. The third-order valence-electron chi connectivity index (χ3n) is 3.00. The molecule has 0 aromatic carbocycles. The van der Waals surface area contributed by atoms with E-state index >= 15 is 0 Å². The van der Waals surface area contributed by atoms with Gasteiger partial charge in [0, 0.05) is 12.6 Å². The van der Waals surface area contributed by atoms with Crippen molar-refractivity contribution in [1.29, 1.82) is 0 Å². The summed E-state index contributed by atoms with van der Waals surface area (Å²) < 4.78 is 5.30. The summed E-state index contributed by atoms with van der Waals surface area (Å²) >= 11 is 0. The first-order chi connectivity index (χ1) is 6.29. The van der Waals surface area contributed by atoms with Gasteiger partial charge in [-0.05, 0) is 25.8 Å². The number of hydrogen-bond acceptors (Lipinski definition) is 3. The maximum absolute atomic E-state index is 11.1. The van der Waals surface area contributed by atoms with Crippen LogP contribution in [-0.4, -0.2) is 42.6 Å². The van der Waals surface area contributed by atoms with E-state index in [1.54, 1.807) is 0 Å². The molecule has 1 amide bonds. The molecule has 13 heavy (non-hydrogen) atoms. The Bertz CT molecular complexity index is 202. The molecule has 2 unspecified atom stereocenters. The number of rotatable bonds is 2. The number of carbonyl (C=O) groups is 1. The van der Waals surface area contributed by atoms with Gasteiger partial charge < -0.3 is 10.5 Å². The zero-order chi connectivity index (χ0) is 9.26. The van der Waals surface area contributed by atoms with E-state index in [2.05, 4.69) is 4.90 Å². The van der Waals surface area contributed by atoms with Gasteiger partial charge in [-0.15, -0.1) is 0 Å². The third-order valence-corrected chi connectivity index (χ3v) is 3.00. The highest BCUT2D eigenvalue weighted by Crippen LogP contribution is 2.23. The van der Waals surface area contributed by atoms with E-state index in [-0.39, 0.29) is 11.9 Å². The van der Waals surface area contributed by atoms with Gasteiger partial charge in [0.15, 0.2) is 0 Å². The Morgan fingerprint density at radius 2 is 2.31 bits per heavy atom. The van der Waals surface area contributed by atoms with E-state index < -0.39 is 0 Å². The summed E-state index contributed by atoms with van der Waals surface area (Å²) in [5.74, 6) is -0.176. The molecule has 0 radical (unpaired) electrons. The lowest BCUT2D eigenvalue weighted by Crippen LogP contribution is -2.46. The van der Waals surface area contributed by atoms with Crippen molar-refractivity contribution < 1.29 is 9.53 Å². The second kappa shape index (κ2) is 3.64. The average molecular weight is 184 g/mol. The van der Waals surface area contributed by atoms with Crippen LogP contribution in [0.2, 0.25) is 0 Å². The molecular weight excluding hydrogens is 168 g/mol. The van der Waals surface area contributed by atoms with Gasteiger partial charge in [0.05, 0.1) is 12.6 Å². The average Bonchev–Trinajstić information content (AvgIpc) is 2.74. The van der Waals surface area contributed by atoms with Crippen molar-refractivity contribution in [1.82, 2.24) is 4.90 Å². The molecule has 0 aromatic rings. The summed E-state index contributed by atoms with van der Waals surface area (Å²) in [6.45, 7) is 2.60. The fraction of sp³-hybridized carbons (Fsp3) is 0.889. The lowest BCUT2D eigenvalue weighted by Gasteiger charge is -2.27. The number of nitrogens with two attached hydrogens (primary N) is 1. The minimum atomic E-state index is -0.176. The van der Waals surface area contributed by atoms with Crippen LogP contribution in [0.15, 0.2) is 0 Å². The van der Waals surface area contributed by atoms with Crippen LogP contribution in [0.4, 0.5) is 0 Å². The summed E-state index contributed by atoms with van der Waals surface area (Å²) in [6, 6.07) is 0.395. The van der Waals surface area contributed by atoms with Crippen molar-refractivity contribution in [3.05, 3.63) is 0 Å². The molecular formula is C9H16N2O2. The molecule has 2 rings (SSSR count). The first-order valence-corrected chi connectivity index (χ1v) is 4.92. The second-order valence-corrected chi connectivity index (χ2v) is 3.82. The van der Waals surface area contributed by atoms with Gasteiger partial charge in [-0.25, -0.2) is 0 Å². The molecule has 0 aliphatic carbocycles. The van der Waals surface area contributed by atoms with Crippen LogP contribution in [0.25, 0.3) is 0 Å². The van der Waals surface area contributed by atoms with Crippen LogP contribution >= 0.6 is 0 Å². The molecule has 2 heterocycles. The van der Waals surface area contributed by atoms with Crippen molar-refractivity contribution in [2.24, 2.45) is 5.73 Å². The zero-order valence-corrected chi connectivity index (χ0v) is 7.74. The first-order valence-electron chi connectivity index (χ1n) is 4.92. The number of carbonyl (C=O) groups excluding carboxylic acids is 1. The highest BCUT2D eigenvalue weighted by molar-refractivity contribution is 5.80. The summed E-state index contributed by atoms with van der Waals surface area (Å²) in [7, 11) is 0. The van der Waals surface area contributed by atoms with E-state index in [9.17, 15) is 4.79 Å². The zero-order valence-electron chi connectivity index (χ0n) is 7.74. The Kier molecular flexibility index (Phi) is 2.51. The Balaban J connectivity index is 2.00. The first kappa shape index (κ1) is 8.97. The second-order valence-electron chi connectivity index (χ2n) is 3.82. The molecule has 4 nitrogen and oxygen atoms in total. The Hall–Kier alpha value is -0.610. The minimum absolute atomic E-state index is 0.0355. The maximum Gasteiger partial charge on any atom is 0.234 e. The number of nitrogens with zero attached hydrogens (tertiary/aromatic N) is 1. The smallest absolute Gasteiger partial charge is 0.234 e. The van der Waals surface area contributed by atoms with Crippen LogP contribution in [0.1, 0.15) is 19.3 Å². The van der Waals surface area contributed by atoms with Gasteiger partial charge in [0.2, 0.25) is 5.91 Å². The molecule has 2 aliphatic rings. The molecule has 0 aromatic heterocycles. The van der Waals surface area contributed by atoms with Crippen molar-refractivity contribution in [2.45, 2.75) is 31.3 Å². The molecule has 4 heteroatoms. The standard InChI is InChI=1S/C9H16N2O2/c10-9(12)8-2-1-4-11(8)7-3-5-13-6-7/h7-8H,1-6H2,(H2,10,12). The van der Waals surface area contributed by atoms with Crippen LogP contribution in [0.5, 0.6) is 0 Å². The summed E-state index contributed by atoms with van der Waals surface area (Å²) in [4.78, 5) is 13.3. The van der Waals surface area contributed by atoms with E-state index in [0.717, 1.165) is 39.0 Å². The van der Waals surface area contributed by atoms with Crippen LogP contribution in [0, 0.1) is 0 Å². The number of hydrogen-bond donors (Lipinski definition) is 1. The fourth-order valence-corrected chi connectivity index (χ4v) is 2.32. The molecule has 2 fully saturated rings. The quantitative estimate of drug-likeness (QED) is 0.642. The predicted molar refractivity (Wildman–Crippen MR) is 48.1 cm³/mol. The lowest BCUT2D eigenvalue weighted by atomic mass is 10.1. The van der Waals surface area contributed by atoms with E-state index in [0.29, 0.717) is 6.04 Å². The minimum Gasteiger partial charge on any atom is -0.380 e. The topological polar surface area (TPSA) is 55.6 Å². The number of ether oxygens (including phenoxy) is 1.